The molecule has 130 valence electrons. The molecule has 0 saturated carbocycles. The molecule has 0 spiro atoms. The molecule has 2 aromatic carbocycles. The fourth-order valence-electron chi connectivity index (χ4n) is 2.86. The summed E-state index contributed by atoms with van der Waals surface area (Å²) in [6, 6.07) is 12.8. The summed E-state index contributed by atoms with van der Waals surface area (Å²) >= 11 is 0. The van der Waals surface area contributed by atoms with Crippen LogP contribution in [0.1, 0.15) is 0 Å². The highest BCUT2D eigenvalue weighted by molar-refractivity contribution is 5.82. The van der Waals surface area contributed by atoms with Crippen molar-refractivity contribution in [1.82, 2.24) is 14.5 Å². The summed E-state index contributed by atoms with van der Waals surface area (Å²) < 4.78 is 6.82. The zero-order valence-electron chi connectivity index (χ0n) is 13.8. The van der Waals surface area contributed by atoms with E-state index in [0.717, 1.165) is 0 Å². The largest absolute Gasteiger partial charge is 0.508 e. The van der Waals surface area contributed by atoms with Gasteiger partial charge in [0.1, 0.15) is 17.0 Å². The molecule has 2 aromatic heterocycles. The van der Waals surface area contributed by atoms with Gasteiger partial charge in [0.2, 0.25) is 0 Å². The Morgan fingerprint density at radius 1 is 0.962 bits per heavy atom. The number of ether oxygens (including phenoxy) is 1. The van der Waals surface area contributed by atoms with Gasteiger partial charge in [0.05, 0.1) is 18.4 Å². The van der Waals surface area contributed by atoms with Gasteiger partial charge in [-0.05, 0) is 36.4 Å². The van der Waals surface area contributed by atoms with Crippen molar-refractivity contribution < 1.29 is 20.1 Å². The minimum Gasteiger partial charge on any atom is -0.508 e. The molecule has 0 aliphatic carbocycles. The first-order valence-corrected chi connectivity index (χ1v) is 7.81. The fraction of sp³-hybridized carbons (Fsp3) is 0.0526. The van der Waals surface area contributed by atoms with Gasteiger partial charge in [0.25, 0.3) is 0 Å². The van der Waals surface area contributed by atoms with Crippen LogP contribution in [0.5, 0.6) is 23.0 Å². The summed E-state index contributed by atoms with van der Waals surface area (Å²) in [5.74, 6) is 0.595. The van der Waals surface area contributed by atoms with Crippen molar-refractivity contribution in [2.45, 2.75) is 0 Å². The van der Waals surface area contributed by atoms with E-state index < -0.39 is 0 Å². The van der Waals surface area contributed by atoms with E-state index in [2.05, 4.69) is 9.97 Å². The second-order valence-electron chi connectivity index (χ2n) is 5.67. The Labute approximate surface area is 148 Å². The van der Waals surface area contributed by atoms with Crippen LogP contribution in [-0.4, -0.2) is 37.0 Å². The van der Waals surface area contributed by atoms with E-state index in [0.29, 0.717) is 34.0 Å². The van der Waals surface area contributed by atoms with Crippen LogP contribution in [0.4, 0.5) is 0 Å². The van der Waals surface area contributed by atoms with Crippen LogP contribution in [0.3, 0.4) is 0 Å². The van der Waals surface area contributed by atoms with Crippen molar-refractivity contribution in [2.24, 2.45) is 0 Å². The molecule has 2 heterocycles. The van der Waals surface area contributed by atoms with E-state index in [1.807, 2.05) is 6.07 Å². The topological polar surface area (TPSA) is 101 Å². The standard InChI is InChI=1S/C19H15N3O4/c1-26-17-7-4-11(9-16(17)25)22-18(13-6-5-12(23)10-15(13)24)21-14-3-2-8-20-19(14)22/h2-10,23-25H,1H3. The lowest BCUT2D eigenvalue weighted by atomic mass is 10.1. The number of benzene rings is 2. The lowest BCUT2D eigenvalue weighted by Gasteiger charge is -2.12. The Bertz CT molecular complexity index is 1120. The number of hydrogen-bond donors (Lipinski definition) is 3. The summed E-state index contributed by atoms with van der Waals surface area (Å²) in [4.78, 5) is 8.95. The molecular weight excluding hydrogens is 334 g/mol. The number of aromatic hydroxyl groups is 3. The summed E-state index contributed by atoms with van der Waals surface area (Å²) in [5, 5.41) is 30.0. The molecule has 0 bridgehead atoms. The van der Waals surface area contributed by atoms with Crippen LogP contribution >= 0.6 is 0 Å². The average molecular weight is 349 g/mol. The summed E-state index contributed by atoms with van der Waals surface area (Å²) in [6.45, 7) is 0. The molecule has 7 heteroatoms. The minimum atomic E-state index is -0.112. The Morgan fingerprint density at radius 3 is 2.54 bits per heavy atom. The first-order chi connectivity index (χ1) is 12.6. The molecule has 0 fully saturated rings. The van der Waals surface area contributed by atoms with Gasteiger partial charge < -0.3 is 20.1 Å². The predicted molar refractivity (Wildman–Crippen MR) is 95.8 cm³/mol. The van der Waals surface area contributed by atoms with Crippen LogP contribution in [-0.2, 0) is 0 Å². The van der Waals surface area contributed by atoms with E-state index in [1.54, 1.807) is 35.0 Å². The van der Waals surface area contributed by atoms with Crippen LogP contribution in [0.25, 0.3) is 28.2 Å². The molecule has 4 aromatic rings. The second kappa shape index (κ2) is 5.96. The van der Waals surface area contributed by atoms with Gasteiger partial charge in [-0.2, -0.15) is 0 Å². The molecule has 3 N–H and O–H groups in total. The number of hydrogen-bond acceptors (Lipinski definition) is 6. The number of methoxy groups -OCH3 is 1. The van der Waals surface area contributed by atoms with Gasteiger partial charge in [-0.25, -0.2) is 9.97 Å². The second-order valence-corrected chi connectivity index (χ2v) is 5.67. The maximum absolute atomic E-state index is 10.3. The van der Waals surface area contributed by atoms with Gasteiger partial charge in [-0.3, -0.25) is 4.57 Å². The van der Waals surface area contributed by atoms with Crippen LogP contribution < -0.4 is 4.74 Å². The Balaban J connectivity index is 2.03. The molecular formula is C19H15N3O4. The molecule has 0 amide bonds. The highest BCUT2D eigenvalue weighted by atomic mass is 16.5. The quantitative estimate of drug-likeness (QED) is 0.525. The number of phenolic OH excluding ortho intramolecular Hbond substituents is 3. The molecule has 0 radical (unpaired) electrons. The van der Waals surface area contributed by atoms with Gasteiger partial charge >= 0.3 is 0 Å². The number of pyridine rings is 1. The first kappa shape index (κ1) is 15.8. The van der Waals surface area contributed by atoms with Crippen LogP contribution in [0, 0.1) is 0 Å². The van der Waals surface area contributed by atoms with E-state index in [4.69, 9.17) is 4.74 Å². The third kappa shape index (κ3) is 2.46. The minimum absolute atomic E-state index is 0.0244. The van der Waals surface area contributed by atoms with Crippen molar-refractivity contribution >= 4 is 11.2 Å². The highest BCUT2D eigenvalue weighted by Crippen LogP contribution is 2.36. The Hall–Kier alpha value is -3.74. The van der Waals surface area contributed by atoms with E-state index >= 15 is 0 Å². The molecule has 26 heavy (non-hydrogen) atoms. The number of imidazole rings is 1. The number of rotatable bonds is 3. The van der Waals surface area contributed by atoms with E-state index in [1.165, 1.54) is 25.3 Å². The highest BCUT2D eigenvalue weighted by Gasteiger charge is 2.19. The van der Waals surface area contributed by atoms with Crippen molar-refractivity contribution in [2.75, 3.05) is 7.11 Å². The van der Waals surface area contributed by atoms with Crippen molar-refractivity contribution in [3.05, 3.63) is 54.7 Å². The maximum Gasteiger partial charge on any atom is 0.164 e. The fourth-order valence-corrected chi connectivity index (χ4v) is 2.86. The zero-order valence-corrected chi connectivity index (χ0v) is 13.8. The maximum atomic E-state index is 10.3. The molecule has 0 unspecified atom stereocenters. The van der Waals surface area contributed by atoms with E-state index in [9.17, 15) is 15.3 Å². The van der Waals surface area contributed by atoms with Gasteiger partial charge in [0, 0.05) is 18.3 Å². The molecule has 0 aliphatic heterocycles. The third-order valence-electron chi connectivity index (χ3n) is 4.06. The summed E-state index contributed by atoms with van der Waals surface area (Å²) in [6.07, 6.45) is 1.64. The van der Waals surface area contributed by atoms with Gasteiger partial charge in [-0.15, -0.1) is 0 Å². The van der Waals surface area contributed by atoms with E-state index in [-0.39, 0.29) is 17.2 Å². The molecule has 0 aliphatic rings. The number of aromatic nitrogens is 3. The van der Waals surface area contributed by atoms with Crippen LogP contribution in [0.15, 0.2) is 54.7 Å². The van der Waals surface area contributed by atoms with Crippen LogP contribution in [0.2, 0.25) is 0 Å². The van der Waals surface area contributed by atoms with Gasteiger partial charge in [0.15, 0.2) is 23.0 Å². The summed E-state index contributed by atoms with van der Waals surface area (Å²) in [7, 11) is 1.48. The molecule has 7 nitrogen and oxygen atoms in total. The molecule has 4 rings (SSSR count). The molecule has 0 atom stereocenters. The predicted octanol–water partition coefficient (Wildman–Crippen LogP) is 3.21. The first-order valence-electron chi connectivity index (χ1n) is 7.81. The third-order valence-corrected chi connectivity index (χ3v) is 4.06. The van der Waals surface area contributed by atoms with Crippen molar-refractivity contribution in [3.8, 4) is 40.1 Å². The number of nitrogens with zero attached hydrogens (tertiary/aromatic N) is 3. The normalized spacial score (nSPS) is 11.0. The molecule has 0 saturated heterocycles. The monoisotopic (exact) mass is 349 g/mol. The zero-order chi connectivity index (χ0) is 18.3. The lowest BCUT2D eigenvalue weighted by molar-refractivity contribution is 0.373. The Morgan fingerprint density at radius 2 is 1.81 bits per heavy atom. The smallest absolute Gasteiger partial charge is 0.164 e. The van der Waals surface area contributed by atoms with Gasteiger partial charge in [-0.1, -0.05) is 0 Å². The Kier molecular flexibility index (Phi) is 3.62. The number of fused-ring (bicyclic) bond motifs is 1. The number of phenols is 3. The van der Waals surface area contributed by atoms with Crippen molar-refractivity contribution in [1.29, 1.82) is 0 Å². The average Bonchev–Trinajstić information content (AvgIpc) is 3.00. The summed E-state index contributed by atoms with van der Waals surface area (Å²) in [5.41, 5.74) is 2.23. The SMILES string of the molecule is COc1ccc(-n2c(-c3ccc(O)cc3O)nc3cccnc32)cc1O. The lowest BCUT2D eigenvalue weighted by Crippen LogP contribution is -1.99. The van der Waals surface area contributed by atoms with Crippen molar-refractivity contribution in [3.63, 3.8) is 0 Å².